The van der Waals surface area contributed by atoms with Crippen molar-refractivity contribution in [3.8, 4) is 0 Å². The molecule has 0 saturated carbocycles. The third-order valence-electron chi connectivity index (χ3n) is 0.979. The van der Waals surface area contributed by atoms with Crippen molar-refractivity contribution in [1.82, 2.24) is 0 Å². The molecule has 0 aliphatic heterocycles. The molecule has 0 amide bonds. The monoisotopic (exact) mass is 256 g/mol. The largest absolute Gasteiger partial charge is 0.456 e. The van der Waals surface area contributed by atoms with Crippen molar-refractivity contribution in [2.24, 2.45) is 0 Å². The Labute approximate surface area is 75.6 Å². The maximum Gasteiger partial charge on any atom is 0.456 e. The molecule has 0 unspecified atom stereocenters. The molecular formula is C2H9O8PS2. The van der Waals surface area contributed by atoms with Crippen LogP contribution in [0, 0.1) is 0 Å². The molecule has 13 heavy (non-hydrogen) atoms. The first-order valence-electron chi connectivity index (χ1n) is 2.60. The fourth-order valence-corrected chi connectivity index (χ4v) is 6.81. The summed E-state index contributed by atoms with van der Waals surface area (Å²) in [5, 5.41) is 0. The Morgan fingerprint density at radius 2 is 1.46 bits per heavy atom. The summed E-state index contributed by atoms with van der Waals surface area (Å²) in [5.74, 6) is 0. The van der Waals surface area contributed by atoms with E-state index in [1.807, 2.05) is 0 Å². The van der Waals surface area contributed by atoms with E-state index in [9.17, 15) is 13.0 Å². The van der Waals surface area contributed by atoms with E-state index in [1.165, 1.54) is 0 Å². The molecule has 0 aliphatic carbocycles. The molecule has 82 valence electrons. The Balaban J connectivity index is 5.60. The van der Waals surface area contributed by atoms with Gasteiger partial charge in [0.1, 0.15) is 0 Å². The summed E-state index contributed by atoms with van der Waals surface area (Å²) in [6.45, 7) is -5.23. The molecule has 0 saturated heterocycles. The van der Waals surface area contributed by atoms with Crippen molar-refractivity contribution in [1.29, 1.82) is 0 Å². The van der Waals surface area contributed by atoms with Crippen LogP contribution in [0.1, 0.15) is 0 Å². The van der Waals surface area contributed by atoms with Gasteiger partial charge in [0.2, 0.25) is 0 Å². The van der Waals surface area contributed by atoms with E-state index in [4.69, 9.17) is 14.3 Å². The number of hydrogen-bond acceptors (Lipinski definition) is 5. The van der Waals surface area contributed by atoms with Crippen LogP contribution in [0.5, 0.6) is 0 Å². The Morgan fingerprint density at radius 3 is 1.46 bits per heavy atom. The summed E-state index contributed by atoms with van der Waals surface area (Å²) in [7, 11) is -7.99. The van der Waals surface area contributed by atoms with Gasteiger partial charge in [0, 0.05) is 9.24 Å². The summed E-state index contributed by atoms with van der Waals surface area (Å²) in [6.07, 6.45) is 0. The second-order valence-corrected chi connectivity index (χ2v) is 11.2. The maximum atomic E-state index is 10.7. The Kier molecular flexibility index (Phi) is 3.93. The van der Waals surface area contributed by atoms with E-state index in [0.29, 0.717) is 14.2 Å². The molecule has 0 aromatic carbocycles. The second kappa shape index (κ2) is 3.83. The van der Waals surface area contributed by atoms with E-state index in [1.54, 1.807) is 0 Å². The summed E-state index contributed by atoms with van der Waals surface area (Å²) in [6, 6.07) is 0. The van der Waals surface area contributed by atoms with Gasteiger partial charge in [-0.15, -0.1) is 0 Å². The minimum Gasteiger partial charge on any atom is -0.308 e. The summed E-state index contributed by atoms with van der Waals surface area (Å²) in [4.78, 5) is 17.2. The summed E-state index contributed by atoms with van der Waals surface area (Å²) < 4.78 is 48.6. The van der Waals surface area contributed by atoms with Gasteiger partial charge >= 0.3 is 15.9 Å². The van der Waals surface area contributed by atoms with Gasteiger partial charge in [-0.25, -0.2) is 4.57 Å². The summed E-state index contributed by atoms with van der Waals surface area (Å²) in [5.41, 5.74) is 0. The molecule has 0 radical (unpaired) electrons. The molecule has 0 atom stereocenters. The Hall–Kier alpha value is 0.330. The molecule has 0 aromatic heterocycles. The zero-order valence-electron chi connectivity index (χ0n) is 6.65. The standard InChI is InChI=1S/C2H9O8PS2/c1-9-13(10-2,11(3,4)5)12(6,7)8/h1-2H3,(H2,3,4,5)(H,6,7,8). The molecule has 0 bridgehead atoms. The average Bonchev–Trinajstić information content (AvgIpc) is 1.84. The molecule has 11 heteroatoms. The maximum absolute atomic E-state index is 10.7. The van der Waals surface area contributed by atoms with E-state index < -0.39 is 25.2 Å². The first kappa shape index (κ1) is 13.3. The predicted octanol–water partition coefficient (Wildman–Crippen LogP) is -0.191. The average molecular weight is 256 g/mol. The van der Waals surface area contributed by atoms with Gasteiger partial charge in [-0.2, -0.15) is 8.42 Å². The van der Waals surface area contributed by atoms with Crippen molar-refractivity contribution >= 4 is 25.2 Å². The highest BCUT2D eigenvalue weighted by Gasteiger charge is 2.50. The van der Waals surface area contributed by atoms with E-state index >= 15 is 0 Å². The lowest BCUT2D eigenvalue weighted by atomic mass is 11.8. The molecule has 0 spiro atoms. The Bertz CT molecular complexity index is 309. The fourth-order valence-electron chi connectivity index (χ4n) is 0.557. The van der Waals surface area contributed by atoms with Crippen molar-refractivity contribution < 1.29 is 35.7 Å². The third-order valence-corrected chi connectivity index (χ3v) is 11.4. The smallest absolute Gasteiger partial charge is 0.308 e. The van der Waals surface area contributed by atoms with Gasteiger partial charge in [0.25, 0.3) is 0 Å². The highest BCUT2D eigenvalue weighted by molar-refractivity contribution is 9.07. The zero-order valence-corrected chi connectivity index (χ0v) is 9.17. The highest BCUT2D eigenvalue weighted by Crippen LogP contribution is 2.80. The minimum absolute atomic E-state index is 0.714. The van der Waals surface area contributed by atoms with E-state index in [-0.39, 0.29) is 0 Å². The van der Waals surface area contributed by atoms with Crippen molar-refractivity contribution in [3.63, 3.8) is 0 Å². The van der Waals surface area contributed by atoms with Crippen LogP contribution >= 0.6 is 16.0 Å². The van der Waals surface area contributed by atoms with Crippen LogP contribution in [-0.4, -0.2) is 37.0 Å². The second-order valence-electron chi connectivity index (χ2n) is 1.68. The molecule has 0 heterocycles. The summed E-state index contributed by atoms with van der Waals surface area (Å²) >= 11 is 0. The molecule has 0 fully saturated rings. The number of hydrogen-bond donors (Lipinski definition) is 3. The molecule has 3 N–H and O–H groups in total. The van der Waals surface area contributed by atoms with E-state index in [0.717, 1.165) is 0 Å². The van der Waals surface area contributed by atoms with Crippen LogP contribution in [-0.2, 0) is 22.1 Å². The van der Waals surface area contributed by atoms with Gasteiger partial charge in [0.05, 0.1) is 14.2 Å². The predicted molar refractivity (Wildman–Crippen MR) is 45.2 cm³/mol. The first-order valence-corrected chi connectivity index (χ1v) is 8.26. The van der Waals surface area contributed by atoms with Crippen LogP contribution in [0.3, 0.4) is 0 Å². The third kappa shape index (κ3) is 2.22. The molecular weight excluding hydrogens is 247 g/mol. The fraction of sp³-hybridized carbons (Fsp3) is 1.00. The van der Waals surface area contributed by atoms with Crippen LogP contribution in [0.25, 0.3) is 0 Å². The SMILES string of the molecule is COS(OC)(P(=O)(O)O)S(=O)(=O)O. The highest BCUT2D eigenvalue weighted by atomic mass is 33.4. The number of rotatable bonds is 4. The molecule has 0 aliphatic rings. The molecule has 8 nitrogen and oxygen atoms in total. The lowest BCUT2D eigenvalue weighted by Crippen LogP contribution is -2.15. The molecule has 0 rings (SSSR count). The Morgan fingerprint density at radius 1 is 1.15 bits per heavy atom. The van der Waals surface area contributed by atoms with Crippen LogP contribution in [0.15, 0.2) is 0 Å². The normalized spacial score (nSPS) is 15.8. The van der Waals surface area contributed by atoms with Gasteiger partial charge in [0.15, 0.2) is 0 Å². The lowest BCUT2D eigenvalue weighted by molar-refractivity contribution is 0.336. The van der Waals surface area contributed by atoms with Gasteiger partial charge in [-0.05, 0) is 0 Å². The van der Waals surface area contributed by atoms with Crippen molar-refractivity contribution in [3.05, 3.63) is 0 Å². The van der Waals surface area contributed by atoms with Crippen molar-refractivity contribution in [2.45, 2.75) is 0 Å². The van der Waals surface area contributed by atoms with Crippen LogP contribution in [0.2, 0.25) is 0 Å². The lowest BCUT2D eigenvalue weighted by Gasteiger charge is -2.35. The zero-order chi connectivity index (χ0) is 10.9. The quantitative estimate of drug-likeness (QED) is 0.358. The first-order chi connectivity index (χ1) is 5.62. The van der Waals surface area contributed by atoms with E-state index in [2.05, 4.69) is 8.37 Å². The minimum atomic E-state index is -5.23. The van der Waals surface area contributed by atoms with Crippen LogP contribution < -0.4 is 0 Å². The van der Waals surface area contributed by atoms with Gasteiger partial charge in [-0.3, -0.25) is 12.9 Å². The topological polar surface area (TPSA) is 130 Å². The van der Waals surface area contributed by atoms with Crippen molar-refractivity contribution in [2.75, 3.05) is 14.2 Å². The van der Waals surface area contributed by atoms with Crippen LogP contribution in [0.4, 0.5) is 0 Å². The molecule has 0 aromatic rings. The van der Waals surface area contributed by atoms with Gasteiger partial charge in [-0.1, -0.05) is 0 Å². The van der Waals surface area contributed by atoms with Gasteiger partial charge < -0.3 is 9.79 Å².